The molecule has 3 heteroatoms. The molecule has 0 spiro atoms. The Bertz CT molecular complexity index is 410. The van der Waals surface area contributed by atoms with Crippen LogP contribution in [-0.4, -0.2) is 22.9 Å². The molecule has 1 aliphatic rings. The summed E-state index contributed by atoms with van der Waals surface area (Å²) >= 11 is 6.08. The van der Waals surface area contributed by atoms with Gasteiger partial charge in [0.05, 0.1) is 6.42 Å². The predicted octanol–water partition coefficient (Wildman–Crippen LogP) is 3.28. The van der Waals surface area contributed by atoms with Crippen molar-refractivity contribution in [1.29, 1.82) is 0 Å². The van der Waals surface area contributed by atoms with Gasteiger partial charge >= 0.3 is 0 Å². The molecule has 0 aromatic heterocycles. The Hall–Kier alpha value is -1.02. The molecule has 0 saturated heterocycles. The fourth-order valence-corrected chi connectivity index (χ4v) is 2.36. The van der Waals surface area contributed by atoms with Crippen LogP contribution in [0.25, 0.3) is 0 Å². The van der Waals surface area contributed by atoms with Gasteiger partial charge in [-0.2, -0.15) is 0 Å². The van der Waals surface area contributed by atoms with Crippen molar-refractivity contribution >= 4 is 17.5 Å². The van der Waals surface area contributed by atoms with E-state index in [-0.39, 0.29) is 11.9 Å². The van der Waals surface area contributed by atoms with E-state index in [2.05, 4.69) is 13.8 Å². The van der Waals surface area contributed by atoms with E-state index >= 15 is 0 Å². The Morgan fingerprint density at radius 2 is 2.06 bits per heavy atom. The monoisotopic (exact) mass is 251 g/mol. The number of rotatable bonds is 4. The van der Waals surface area contributed by atoms with Crippen molar-refractivity contribution in [2.75, 3.05) is 0 Å². The van der Waals surface area contributed by atoms with Gasteiger partial charge in [0.15, 0.2) is 0 Å². The molecule has 1 aromatic carbocycles. The summed E-state index contributed by atoms with van der Waals surface area (Å²) in [5.41, 5.74) is 0.922. The number of halogens is 1. The van der Waals surface area contributed by atoms with Crippen LogP contribution >= 0.6 is 11.6 Å². The molecule has 0 radical (unpaired) electrons. The van der Waals surface area contributed by atoms with E-state index in [0.29, 0.717) is 17.5 Å². The highest BCUT2D eigenvalue weighted by Crippen LogP contribution is 2.29. The Morgan fingerprint density at radius 3 is 2.59 bits per heavy atom. The van der Waals surface area contributed by atoms with E-state index in [1.807, 2.05) is 29.2 Å². The minimum Gasteiger partial charge on any atom is -0.337 e. The van der Waals surface area contributed by atoms with Crippen LogP contribution < -0.4 is 0 Å². The summed E-state index contributed by atoms with van der Waals surface area (Å²) in [5, 5.41) is 0.681. The normalized spacial score (nSPS) is 15.1. The van der Waals surface area contributed by atoms with Crippen LogP contribution in [-0.2, 0) is 11.2 Å². The maximum Gasteiger partial charge on any atom is 0.227 e. The summed E-state index contributed by atoms with van der Waals surface area (Å²) in [6, 6.07) is 8.30. The molecule has 1 aromatic rings. The number of nitrogens with zero attached hydrogens (tertiary/aromatic N) is 1. The van der Waals surface area contributed by atoms with Crippen LogP contribution in [0.15, 0.2) is 24.3 Å². The van der Waals surface area contributed by atoms with Gasteiger partial charge in [0.1, 0.15) is 0 Å². The van der Waals surface area contributed by atoms with Gasteiger partial charge in [-0.25, -0.2) is 0 Å². The van der Waals surface area contributed by atoms with Crippen molar-refractivity contribution in [3.8, 4) is 0 Å². The Kier molecular flexibility index (Phi) is 3.72. The van der Waals surface area contributed by atoms with Gasteiger partial charge in [-0.3, -0.25) is 4.79 Å². The van der Waals surface area contributed by atoms with Crippen LogP contribution in [0.4, 0.5) is 0 Å². The Balaban J connectivity index is 2.07. The summed E-state index contributed by atoms with van der Waals surface area (Å²) < 4.78 is 0. The number of carbonyl (C=O) groups is 1. The molecule has 1 aliphatic carbocycles. The van der Waals surface area contributed by atoms with Crippen molar-refractivity contribution < 1.29 is 4.79 Å². The SMILES string of the molecule is CC(C)N(C(=O)Cc1ccccc1Cl)C1CC1. The van der Waals surface area contributed by atoms with Gasteiger partial charge < -0.3 is 4.90 Å². The largest absolute Gasteiger partial charge is 0.337 e. The lowest BCUT2D eigenvalue weighted by Gasteiger charge is -2.27. The smallest absolute Gasteiger partial charge is 0.227 e. The van der Waals surface area contributed by atoms with Gasteiger partial charge in [0.25, 0.3) is 0 Å². The lowest BCUT2D eigenvalue weighted by molar-refractivity contribution is -0.132. The minimum atomic E-state index is 0.190. The van der Waals surface area contributed by atoms with E-state index in [0.717, 1.165) is 18.4 Å². The van der Waals surface area contributed by atoms with Crippen LogP contribution in [0.1, 0.15) is 32.3 Å². The van der Waals surface area contributed by atoms with Crippen molar-refractivity contribution in [3.05, 3.63) is 34.9 Å². The van der Waals surface area contributed by atoms with E-state index in [9.17, 15) is 4.79 Å². The van der Waals surface area contributed by atoms with Crippen LogP contribution in [0.5, 0.6) is 0 Å². The third-order valence-corrected chi connectivity index (χ3v) is 3.45. The molecule has 0 bridgehead atoms. The Labute approximate surface area is 108 Å². The van der Waals surface area contributed by atoms with Crippen molar-refractivity contribution in [3.63, 3.8) is 0 Å². The molecular formula is C14H18ClNO. The zero-order valence-corrected chi connectivity index (χ0v) is 11.1. The lowest BCUT2D eigenvalue weighted by atomic mass is 10.1. The minimum absolute atomic E-state index is 0.190. The van der Waals surface area contributed by atoms with Gasteiger partial charge in [0.2, 0.25) is 5.91 Å². The van der Waals surface area contributed by atoms with Gasteiger partial charge in [0, 0.05) is 17.1 Å². The zero-order valence-electron chi connectivity index (χ0n) is 10.3. The maximum atomic E-state index is 12.3. The molecule has 2 nitrogen and oxygen atoms in total. The first kappa shape index (κ1) is 12.4. The molecule has 2 rings (SSSR count). The number of benzene rings is 1. The highest BCUT2D eigenvalue weighted by molar-refractivity contribution is 6.31. The van der Waals surface area contributed by atoms with Gasteiger partial charge in [-0.05, 0) is 38.3 Å². The molecule has 92 valence electrons. The summed E-state index contributed by atoms with van der Waals surface area (Å²) in [7, 11) is 0. The second-order valence-corrected chi connectivity index (χ2v) is 5.30. The van der Waals surface area contributed by atoms with Crippen LogP contribution in [0.3, 0.4) is 0 Å². The third-order valence-electron chi connectivity index (χ3n) is 3.08. The van der Waals surface area contributed by atoms with E-state index in [1.54, 1.807) is 0 Å². The molecular weight excluding hydrogens is 234 g/mol. The first-order chi connectivity index (χ1) is 8.09. The summed E-state index contributed by atoms with van der Waals surface area (Å²) in [6.07, 6.45) is 2.70. The number of hydrogen-bond donors (Lipinski definition) is 0. The van der Waals surface area contributed by atoms with E-state index in [1.165, 1.54) is 0 Å². The maximum absolute atomic E-state index is 12.3. The van der Waals surface area contributed by atoms with E-state index in [4.69, 9.17) is 11.6 Å². The molecule has 0 heterocycles. The zero-order chi connectivity index (χ0) is 12.4. The Morgan fingerprint density at radius 1 is 1.41 bits per heavy atom. The number of carbonyl (C=O) groups excluding carboxylic acids is 1. The summed E-state index contributed by atoms with van der Waals surface area (Å²) in [6.45, 7) is 4.14. The molecule has 1 saturated carbocycles. The average Bonchev–Trinajstić information content (AvgIpc) is 3.05. The van der Waals surface area contributed by atoms with Gasteiger partial charge in [-0.15, -0.1) is 0 Å². The molecule has 17 heavy (non-hydrogen) atoms. The molecule has 0 unspecified atom stereocenters. The topological polar surface area (TPSA) is 20.3 Å². The summed E-state index contributed by atoms with van der Waals surface area (Å²) in [4.78, 5) is 14.3. The first-order valence-corrected chi connectivity index (χ1v) is 6.52. The van der Waals surface area contributed by atoms with Crippen molar-refractivity contribution in [1.82, 2.24) is 4.90 Å². The fourth-order valence-electron chi connectivity index (χ4n) is 2.16. The number of amides is 1. The van der Waals surface area contributed by atoms with E-state index < -0.39 is 0 Å². The molecule has 0 aliphatic heterocycles. The van der Waals surface area contributed by atoms with Crippen molar-refractivity contribution in [2.24, 2.45) is 0 Å². The lowest BCUT2D eigenvalue weighted by Crippen LogP contribution is -2.39. The van der Waals surface area contributed by atoms with Crippen LogP contribution in [0.2, 0.25) is 5.02 Å². The third kappa shape index (κ3) is 3.01. The summed E-state index contributed by atoms with van der Waals surface area (Å²) in [5.74, 6) is 0.190. The second-order valence-electron chi connectivity index (χ2n) is 4.89. The molecule has 0 N–H and O–H groups in total. The standard InChI is InChI=1S/C14H18ClNO/c1-10(2)16(12-7-8-12)14(17)9-11-5-3-4-6-13(11)15/h3-6,10,12H,7-9H2,1-2H3. The highest BCUT2D eigenvalue weighted by Gasteiger charge is 2.34. The number of hydrogen-bond acceptors (Lipinski definition) is 1. The fraction of sp³-hybridized carbons (Fsp3) is 0.500. The molecule has 0 atom stereocenters. The van der Waals surface area contributed by atoms with Crippen LogP contribution in [0, 0.1) is 0 Å². The quantitative estimate of drug-likeness (QED) is 0.804. The highest BCUT2D eigenvalue weighted by atomic mass is 35.5. The first-order valence-electron chi connectivity index (χ1n) is 6.14. The second kappa shape index (κ2) is 5.09. The molecule has 1 amide bonds. The van der Waals surface area contributed by atoms with Crippen molar-refractivity contribution in [2.45, 2.75) is 45.2 Å². The average molecular weight is 252 g/mol. The van der Waals surface area contributed by atoms with Gasteiger partial charge in [-0.1, -0.05) is 29.8 Å². The predicted molar refractivity (Wildman–Crippen MR) is 70.2 cm³/mol. The molecule has 1 fully saturated rings.